The number of nitrogens with one attached hydrogen (secondary N) is 1. The van der Waals surface area contributed by atoms with Crippen molar-refractivity contribution < 1.29 is 9.66 Å². The summed E-state index contributed by atoms with van der Waals surface area (Å²) in [7, 11) is 1.86. The van der Waals surface area contributed by atoms with Gasteiger partial charge in [-0.2, -0.15) is 0 Å². The summed E-state index contributed by atoms with van der Waals surface area (Å²) in [6.07, 6.45) is 0. The second-order valence-electron chi connectivity index (χ2n) is 4.62. The molecule has 6 heteroatoms. The smallest absolute Gasteiger partial charge is 0.273 e. The highest BCUT2D eigenvalue weighted by Gasteiger charge is 2.13. The lowest BCUT2D eigenvalue weighted by atomic mass is 10.1. The Hall–Kier alpha value is -1.92. The number of aryl methyl sites for hydroxylation is 1. The van der Waals surface area contributed by atoms with E-state index in [9.17, 15) is 10.1 Å². The Balaban J connectivity index is 2.37. The first-order valence-corrected chi connectivity index (χ1v) is 7.16. The third-order valence-electron chi connectivity index (χ3n) is 2.93. The Kier molecular flexibility index (Phi) is 4.93. The molecule has 1 N–H and O–H groups in total. The van der Waals surface area contributed by atoms with Crippen LogP contribution in [0.1, 0.15) is 11.1 Å². The zero-order chi connectivity index (χ0) is 15.4. The molecule has 0 heterocycles. The summed E-state index contributed by atoms with van der Waals surface area (Å²) in [5, 5.41) is 13.9. The lowest BCUT2D eigenvalue weighted by molar-refractivity contribution is -0.384. The number of hydrogen-bond donors (Lipinski definition) is 1. The van der Waals surface area contributed by atoms with Gasteiger partial charge in [-0.3, -0.25) is 10.1 Å². The maximum Gasteiger partial charge on any atom is 0.273 e. The molecule has 21 heavy (non-hydrogen) atoms. The van der Waals surface area contributed by atoms with E-state index in [0.29, 0.717) is 22.5 Å². The lowest BCUT2D eigenvalue weighted by Crippen LogP contribution is -2.06. The molecule has 0 unspecified atom stereocenters. The Bertz CT molecular complexity index is 674. The predicted molar refractivity (Wildman–Crippen MR) is 84.8 cm³/mol. The van der Waals surface area contributed by atoms with E-state index in [4.69, 9.17) is 4.74 Å². The second-order valence-corrected chi connectivity index (χ2v) is 5.47. The van der Waals surface area contributed by atoms with Crippen molar-refractivity contribution in [2.45, 2.75) is 13.5 Å². The SMILES string of the molecule is CNCc1cc(C)ccc1Oc1cc([N+](=O)[O-])ccc1Br. The van der Waals surface area contributed by atoms with Crippen molar-refractivity contribution in [2.75, 3.05) is 7.05 Å². The first-order chi connectivity index (χ1) is 10.0. The number of rotatable bonds is 5. The molecule has 110 valence electrons. The van der Waals surface area contributed by atoms with Crippen LogP contribution >= 0.6 is 15.9 Å². The molecule has 0 aliphatic carbocycles. The average Bonchev–Trinajstić information content (AvgIpc) is 2.44. The summed E-state index contributed by atoms with van der Waals surface area (Å²) in [6.45, 7) is 2.66. The van der Waals surface area contributed by atoms with Crippen LogP contribution in [0.15, 0.2) is 40.9 Å². The summed E-state index contributed by atoms with van der Waals surface area (Å²) < 4.78 is 6.52. The van der Waals surface area contributed by atoms with Crippen LogP contribution in [-0.2, 0) is 6.54 Å². The number of nitro groups is 1. The number of halogens is 1. The fraction of sp³-hybridized carbons (Fsp3) is 0.200. The van der Waals surface area contributed by atoms with E-state index >= 15 is 0 Å². The molecule has 0 aliphatic heterocycles. The van der Waals surface area contributed by atoms with Crippen molar-refractivity contribution in [1.29, 1.82) is 0 Å². The highest BCUT2D eigenvalue weighted by atomic mass is 79.9. The predicted octanol–water partition coefficient (Wildman–Crippen LogP) is 4.18. The highest BCUT2D eigenvalue weighted by Crippen LogP contribution is 2.34. The van der Waals surface area contributed by atoms with Gasteiger partial charge in [0.25, 0.3) is 5.69 Å². The third-order valence-corrected chi connectivity index (χ3v) is 3.58. The van der Waals surface area contributed by atoms with E-state index in [1.165, 1.54) is 12.1 Å². The topological polar surface area (TPSA) is 64.4 Å². The molecule has 0 saturated heterocycles. The van der Waals surface area contributed by atoms with Gasteiger partial charge < -0.3 is 10.1 Å². The van der Waals surface area contributed by atoms with Crippen LogP contribution in [0.4, 0.5) is 5.69 Å². The summed E-state index contributed by atoms with van der Waals surface area (Å²) in [5.74, 6) is 1.10. The molecule has 0 atom stereocenters. The average molecular weight is 351 g/mol. The fourth-order valence-corrected chi connectivity index (χ4v) is 2.27. The molecule has 5 nitrogen and oxygen atoms in total. The summed E-state index contributed by atoms with van der Waals surface area (Å²) in [6, 6.07) is 10.3. The Morgan fingerprint density at radius 2 is 2.00 bits per heavy atom. The van der Waals surface area contributed by atoms with Crippen molar-refractivity contribution in [3.63, 3.8) is 0 Å². The van der Waals surface area contributed by atoms with E-state index in [1.54, 1.807) is 6.07 Å². The van der Waals surface area contributed by atoms with Gasteiger partial charge in [0.2, 0.25) is 0 Å². The highest BCUT2D eigenvalue weighted by molar-refractivity contribution is 9.10. The van der Waals surface area contributed by atoms with Crippen LogP contribution in [0, 0.1) is 17.0 Å². The van der Waals surface area contributed by atoms with E-state index < -0.39 is 4.92 Å². The Morgan fingerprint density at radius 3 is 2.67 bits per heavy atom. The van der Waals surface area contributed by atoms with Gasteiger partial charge in [-0.05, 0) is 42.0 Å². The maximum atomic E-state index is 10.9. The van der Waals surface area contributed by atoms with Crippen LogP contribution in [0.2, 0.25) is 0 Å². The first-order valence-electron chi connectivity index (χ1n) is 6.37. The largest absolute Gasteiger partial charge is 0.456 e. The minimum absolute atomic E-state index is 0.00419. The lowest BCUT2D eigenvalue weighted by Gasteiger charge is -2.13. The molecule has 0 saturated carbocycles. The monoisotopic (exact) mass is 350 g/mol. The van der Waals surface area contributed by atoms with Crippen LogP contribution in [0.25, 0.3) is 0 Å². The van der Waals surface area contributed by atoms with Crippen molar-refractivity contribution >= 4 is 21.6 Å². The van der Waals surface area contributed by atoms with Crippen LogP contribution < -0.4 is 10.1 Å². The van der Waals surface area contributed by atoms with E-state index in [-0.39, 0.29) is 5.69 Å². The molecule has 0 radical (unpaired) electrons. The molecule has 0 amide bonds. The standard InChI is InChI=1S/C15H15BrN2O3/c1-10-3-6-14(11(7-10)9-17-2)21-15-8-12(18(19)20)4-5-13(15)16/h3-8,17H,9H2,1-2H3. The molecule has 0 fully saturated rings. The van der Waals surface area contributed by atoms with Gasteiger partial charge in [0.15, 0.2) is 0 Å². The summed E-state index contributed by atoms with van der Waals surface area (Å²) in [4.78, 5) is 10.4. The van der Waals surface area contributed by atoms with E-state index in [1.807, 2.05) is 32.2 Å². The van der Waals surface area contributed by atoms with Crippen molar-refractivity contribution in [2.24, 2.45) is 0 Å². The molecular formula is C15H15BrN2O3. The molecule has 0 aliphatic rings. The summed E-state index contributed by atoms with van der Waals surface area (Å²) >= 11 is 3.35. The molecular weight excluding hydrogens is 336 g/mol. The van der Waals surface area contributed by atoms with Gasteiger partial charge >= 0.3 is 0 Å². The quantitative estimate of drug-likeness (QED) is 0.648. The van der Waals surface area contributed by atoms with Gasteiger partial charge in [-0.15, -0.1) is 0 Å². The number of ether oxygens (including phenoxy) is 1. The number of hydrogen-bond acceptors (Lipinski definition) is 4. The van der Waals surface area contributed by atoms with Gasteiger partial charge in [-0.1, -0.05) is 17.7 Å². The van der Waals surface area contributed by atoms with Crippen molar-refractivity contribution in [3.8, 4) is 11.5 Å². The third kappa shape index (κ3) is 3.80. The zero-order valence-electron chi connectivity index (χ0n) is 11.7. The number of nitrogens with zero attached hydrogens (tertiary/aromatic N) is 1. The van der Waals surface area contributed by atoms with Gasteiger partial charge in [0, 0.05) is 18.2 Å². The number of nitro benzene ring substituents is 1. The maximum absolute atomic E-state index is 10.9. The molecule has 0 aromatic heterocycles. The molecule has 0 spiro atoms. The van der Waals surface area contributed by atoms with Crippen molar-refractivity contribution in [3.05, 3.63) is 62.1 Å². The van der Waals surface area contributed by atoms with Gasteiger partial charge in [0.1, 0.15) is 11.5 Å². The van der Waals surface area contributed by atoms with E-state index in [2.05, 4.69) is 21.2 Å². The molecule has 2 aromatic carbocycles. The number of benzene rings is 2. The Labute approximate surface area is 131 Å². The number of non-ortho nitro benzene ring substituents is 1. The minimum atomic E-state index is -0.442. The van der Waals surface area contributed by atoms with Crippen LogP contribution in [-0.4, -0.2) is 12.0 Å². The molecule has 2 aromatic rings. The summed E-state index contributed by atoms with van der Waals surface area (Å²) in [5.41, 5.74) is 2.12. The van der Waals surface area contributed by atoms with Crippen LogP contribution in [0.3, 0.4) is 0 Å². The first kappa shape index (κ1) is 15.5. The van der Waals surface area contributed by atoms with Gasteiger partial charge in [0.05, 0.1) is 15.5 Å². The minimum Gasteiger partial charge on any atom is -0.456 e. The molecule has 0 bridgehead atoms. The van der Waals surface area contributed by atoms with Gasteiger partial charge in [-0.25, -0.2) is 0 Å². The van der Waals surface area contributed by atoms with E-state index in [0.717, 1.165) is 11.1 Å². The van der Waals surface area contributed by atoms with Crippen LogP contribution in [0.5, 0.6) is 11.5 Å². The van der Waals surface area contributed by atoms with Crippen molar-refractivity contribution in [1.82, 2.24) is 5.32 Å². The second kappa shape index (κ2) is 6.69. The zero-order valence-corrected chi connectivity index (χ0v) is 13.3. The normalized spacial score (nSPS) is 10.4. The molecule has 2 rings (SSSR count). The fourth-order valence-electron chi connectivity index (χ4n) is 1.94. The Morgan fingerprint density at radius 1 is 1.24 bits per heavy atom.